The van der Waals surface area contributed by atoms with Gasteiger partial charge in [0.25, 0.3) is 0 Å². The third-order valence-electron chi connectivity index (χ3n) is 6.24. The lowest BCUT2D eigenvalue weighted by molar-refractivity contribution is -0.131. The number of aromatic nitrogens is 1. The third kappa shape index (κ3) is 2.42. The molecule has 0 radical (unpaired) electrons. The van der Waals surface area contributed by atoms with Crippen LogP contribution in [0.15, 0.2) is 24.3 Å². The first kappa shape index (κ1) is 15.7. The number of aliphatic hydroxyl groups excluding tert-OH is 1. The average molecular weight is 358 g/mol. The summed E-state index contributed by atoms with van der Waals surface area (Å²) >= 11 is 1.67. The largest absolute Gasteiger partial charge is 0.396 e. The van der Waals surface area contributed by atoms with E-state index in [-0.39, 0.29) is 30.1 Å². The van der Waals surface area contributed by atoms with Crippen LogP contribution < -0.4 is 0 Å². The molecule has 0 unspecified atom stereocenters. The molecule has 132 valence electrons. The van der Waals surface area contributed by atoms with Gasteiger partial charge in [-0.05, 0) is 25.0 Å². The number of rotatable bonds is 4. The first-order chi connectivity index (χ1) is 12.2. The van der Waals surface area contributed by atoms with Crippen molar-refractivity contribution in [3.63, 3.8) is 0 Å². The highest BCUT2D eigenvalue weighted by atomic mass is 32.1. The zero-order valence-electron chi connectivity index (χ0n) is 14.1. The first-order valence-corrected chi connectivity index (χ1v) is 9.91. The molecule has 1 N–H and O–H groups in total. The smallest absolute Gasteiger partial charge is 0.223 e. The second-order valence-corrected chi connectivity index (χ2v) is 8.68. The minimum Gasteiger partial charge on any atom is -0.396 e. The summed E-state index contributed by atoms with van der Waals surface area (Å²) in [6.45, 7) is 1.61. The van der Waals surface area contributed by atoms with Crippen molar-refractivity contribution < 1.29 is 14.6 Å². The first-order valence-electron chi connectivity index (χ1n) is 9.09. The maximum Gasteiger partial charge on any atom is 0.223 e. The number of carbonyl (C=O) groups is 1. The van der Waals surface area contributed by atoms with Gasteiger partial charge in [-0.1, -0.05) is 12.1 Å². The van der Waals surface area contributed by atoms with Crippen molar-refractivity contribution in [2.45, 2.75) is 37.4 Å². The van der Waals surface area contributed by atoms with Crippen LogP contribution in [0.4, 0.5) is 0 Å². The lowest BCUT2D eigenvalue weighted by Gasteiger charge is -2.27. The number of amides is 1. The molecule has 1 aromatic heterocycles. The van der Waals surface area contributed by atoms with E-state index in [2.05, 4.69) is 11.1 Å². The van der Waals surface area contributed by atoms with Crippen LogP contribution in [0.1, 0.15) is 24.3 Å². The number of nitrogens with zero attached hydrogens (tertiary/aromatic N) is 2. The Morgan fingerprint density at radius 2 is 2.32 bits per heavy atom. The van der Waals surface area contributed by atoms with Gasteiger partial charge in [-0.3, -0.25) is 4.79 Å². The number of benzene rings is 1. The predicted octanol–water partition coefficient (Wildman–Crippen LogP) is 2.23. The van der Waals surface area contributed by atoms with Crippen LogP contribution in [0.5, 0.6) is 0 Å². The lowest BCUT2D eigenvalue weighted by Crippen LogP contribution is -2.38. The highest BCUT2D eigenvalue weighted by molar-refractivity contribution is 7.18. The normalized spacial score (nSPS) is 33.3. The molecule has 6 heteroatoms. The molecule has 1 aromatic carbocycles. The van der Waals surface area contributed by atoms with Crippen molar-refractivity contribution in [2.75, 3.05) is 19.7 Å². The van der Waals surface area contributed by atoms with Crippen LogP contribution in [-0.4, -0.2) is 52.3 Å². The van der Waals surface area contributed by atoms with Gasteiger partial charge in [-0.25, -0.2) is 4.98 Å². The van der Waals surface area contributed by atoms with E-state index in [0.29, 0.717) is 25.3 Å². The van der Waals surface area contributed by atoms with Gasteiger partial charge in [0.05, 0.1) is 33.5 Å². The molecule has 2 aromatic rings. The topological polar surface area (TPSA) is 62.7 Å². The predicted molar refractivity (Wildman–Crippen MR) is 95.4 cm³/mol. The molecule has 3 aliphatic rings. The van der Waals surface area contributed by atoms with Crippen LogP contribution in [0, 0.1) is 11.8 Å². The Hall–Kier alpha value is -1.50. The second-order valence-electron chi connectivity index (χ2n) is 7.56. The number of hydrogen-bond donors (Lipinski definition) is 1. The molecule has 3 saturated heterocycles. The summed E-state index contributed by atoms with van der Waals surface area (Å²) in [5.41, 5.74) is 0.838. The van der Waals surface area contributed by atoms with Gasteiger partial charge in [0.2, 0.25) is 5.91 Å². The number of carbonyl (C=O) groups excluding carboxylic acids is 1. The van der Waals surface area contributed by atoms with E-state index in [4.69, 9.17) is 4.74 Å². The Morgan fingerprint density at radius 3 is 3.16 bits per heavy atom. The molecular weight excluding hydrogens is 336 g/mol. The average Bonchev–Trinajstić information content (AvgIpc) is 3.36. The maximum absolute atomic E-state index is 12.7. The molecule has 3 aliphatic heterocycles. The second kappa shape index (κ2) is 5.76. The van der Waals surface area contributed by atoms with E-state index in [0.717, 1.165) is 29.9 Å². The van der Waals surface area contributed by atoms with Gasteiger partial charge in [-0.2, -0.15) is 0 Å². The van der Waals surface area contributed by atoms with E-state index in [1.807, 2.05) is 23.1 Å². The zero-order chi connectivity index (χ0) is 17.0. The molecule has 4 atom stereocenters. The summed E-state index contributed by atoms with van der Waals surface area (Å²) in [5.74, 6) is 0.699. The summed E-state index contributed by atoms with van der Waals surface area (Å²) in [4.78, 5) is 19.3. The Kier molecular flexibility index (Phi) is 3.62. The van der Waals surface area contributed by atoms with Gasteiger partial charge >= 0.3 is 0 Å². The standard InChI is InChI=1S/C19H22N2O3S/c22-10-12-13-9-21(11-19(13)8-7-15(12)24-19)18(23)6-5-17-20-14-3-1-2-4-16(14)25-17/h1-4,12-13,15,22H,5-11H2/t12-,13+,15+,19+/m0/s1. The van der Waals surface area contributed by atoms with Gasteiger partial charge in [0.1, 0.15) is 0 Å². The molecule has 4 heterocycles. The van der Waals surface area contributed by atoms with Crippen LogP contribution >= 0.6 is 11.3 Å². The number of aryl methyl sites for hydroxylation is 1. The molecule has 1 spiro atoms. The summed E-state index contributed by atoms with van der Waals surface area (Å²) in [6.07, 6.45) is 3.44. The summed E-state index contributed by atoms with van der Waals surface area (Å²) in [5, 5.41) is 10.7. The van der Waals surface area contributed by atoms with Gasteiger partial charge in [0, 0.05) is 37.8 Å². The third-order valence-corrected chi connectivity index (χ3v) is 7.33. The summed E-state index contributed by atoms with van der Waals surface area (Å²) < 4.78 is 7.38. The van der Waals surface area contributed by atoms with Crippen LogP contribution in [-0.2, 0) is 16.0 Å². The van der Waals surface area contributed by atoms with E-state index in [9.17, 15) is 9.90 Å². The number of aliphatic hydroxyl groups is 1. The van der Waals surface area contributed by atoms with E-state index in [1.165, 1.54) is 4.70 Å². The summed E-state index contributed by atoms with van der Waals surface area (Å²) in [7, 11) is 0. The number of likely N-dealkylation sites (tertiary alicyclic amines) is 1. The van der Waals surface area contributed by atoms with Crippen molar-refractivity contribution in [3.8, 4) is 0 Å². The SMILES string of the molecule is O=C(CCc1nc2ccccc2s1)N1C[C@@H]2[C@H](CO)[C@H]3CC[C@]2(C1)O3. The Bertz CT molecular complexity index is 789. The van der Waals surface area contributed by atoms with Crippen LogP contribution in [0.25, 0.3) is 10.2 Å². The molecule has 2 bridgehead atoms. The fourth-order valence-electron chi connectivity index (χ4n) is 5.02. The van der Waals surface area contributed by atoms with Crippen molar-refractivity contribution >= 4 is 27.5 Å². The molecule has 0 aliphatic carbocycles. The number of para-hydroxylation sites is 1. The van der Waals surface area contributed by atoms with Crippen molar-refractivity contribution in [1.82, 2.24) is 9.88 Å². The van der Waals surface area contributed by atoms with E-state index >= 15 is 0 Å². The monoisotopic (exact) mass is 358 g/mol. The van der Waals surface area contributed by atoms with Crippen molar-refractivity contribution in [3.05, 3.63) is 29.3 Å². The molecule has 0 saturated carbocycles. The van der Waals surface area contributed by atoms with Gasteiger partial charge in [0.15, 0.2) is 0 Å². The molecule has 3 fully saturated rings. The highest BCUT2D eigenvalue weighted by Gasteiger charge is 2.63. The minimum atomic E-state index is -0.177. The number of ether oxygens (including phenoxy) is 1. The zero-order valence-corrected chi connectivity index (χ0v) is 14.9. The Balaban J connectivity index is 1.25. The van der Waals surface area contributed by atoms with Gasteiger partial charge < -0.3 is 14.7 Å². The Labute approximate surface area is 150 Å². The maximum atomic E-state index is 12.7. The number of thiazole rings is 1. The molecule has 5 nitrogen and oxygen atoms in total. The molecule has 1 amide bonds. The molecular formula is C19H22N2O3S. The van der Waals surface area contributed by atoms with Crippen LogP contribution in [0.3, 0.4) is 0 Å². The number of hydrogen-bond acceptors (Lipinski definition) is 5. The fourth-order valence-corrected chi connectivity index (χ4v) is 5.99. The molecule has 25 heavy (non-hydrogen) atoms. The van der Waals surface area contributed by atoms with Crippen molar-refractivity contribution in [2.24, 2.45) is 11.8 Å². The van der Waals surface area contributed by atoms with Crippen molar-refractivity contribution in [1.29, 1.82) is 0 Å². The highest BCUT2D eigenvalue weighted by Crippen LogP contribution is 2.54. The minimum absolute atomic E-state index is 0.171. The fraction of sp³-hybridized carbons (Fsp3) is 0.579. The van der Waals surface area contributed by atoms with Crippen LogP contribution in [0.2, 0.25) is 0 Å². The number of fused-ring (bicyclic) bond motifs is 2. The summed E-state index contributed by atoms with van der Waals surface area (Å²) in [6, 6.07) is 8.10. The quantitative estimate of drug-likeness (QED) is 0.910. The van der Waals surface area contributed by atoms with E-state index < -0.39 is 0 Å². The molecule has 5 rings (SSSR count). The lowest BCUT2D eigenvalue weighted by atomic mass is 9.74. The Morgan fingerprint density at radius 1 is 1.44 bits per heavy atom. The van der Waals surface area contributed by atoms with Gasteiger partial charge in [-0.15, -0.1) is 11.3 Å². The van der Waals surface area contributed by atoms with E-state index in [1.54, 1.807) is 11.3 Å².